The van der Waals surface area contributed by atoms with Gasteiger partial charge in [0.2, 0.25) is 0 Å². The Bertz CT molecular complexity index is 611. The molecule has 20 heavy (non-hydrogen) atoms. The molecule has 2 rings (SSSR count). The molecule has 2 heterocycles. The van der Waals surface area contributed by atoms with Crippen molar-refractivity contribution in [1.29, 1.82) is 0 Å². The molecule has 0 aliphatic rings. The van der Waals surface area contributed by atoms with Crippen molar-refractivity contribution in [2.75, 3.05) is 6.54 Å². The van der Waals surface area contributed by atoms with Gasteiger partial charge in [-0.1, -0.05) is 0 Å². The van der Waals surface area contributed by atoms with Crippen LogP contribution in [0.1, 0.15) is 34.0 Å². The van der Waals surface area contributed by atoms with Crippen LogP contribution in [0.2, 0.25) is 0 Å². The van der Waals surface area contributed by atoms with Crippen LogP contribution < -0.4 is 5.32 Å². The number of rotatable bonds is 5. The van der Waals surface area contributed by atoms with Crippen LogP contribution in [0, 0.1) is 20.8 Å². The topological polar surface area (TPSA) is 64.7 Å². The lowest BCUT2D eigenvalue weighted by Gasteiger charge is -2.07. The third-order valence-corrected chi connectivity index (χ3v) is 3.60. The summed E-state index contributed by atoms with van der Waals surface area (Å²) in [5.41, 5.74) is 3.50. The molecule has 0 spiro atoms. The van der Waals surface area contributed by atoms with Crippen molar-refractivity contribution in [3.8, 4) is 0 Å². The number of hydrogen-bond acceptors (Lipinski definition) is 3. The van der Waals surface area contributed by atoms with Gasteiger partial charge in [-0.2, -0.15) is 5.10 Å². The highest BCUT2D eigenvalue weighted by Gasteiger charge is 2.10. The lowest BCUT2D eigenvalue weighted by molar-refractivity contribution is 0.0939. The molecule has 1 amide bonds. The van der Waals surface area contributed by atoms with E-state index in [0.717, 1.165) is 18.7 Å². The van der Waals surface area contributed by atoms with E-state index in [-0.39, 0.29) is 5.91 Å². The van der Waals surface area contributed by atoms with Gasteiger partial charge >= 0.3 is 0 Å². The second kappa shape index (κ2) is 5.90. The second-order valence-electron chi connectivity index (χ2n) is 4.99. The molecule has 0 aliphatic heterocycles. The molecular weight excluding hydrogens is 254 g/mol. The van der Waals surface area contributed by atoms with Crippen LogP contribution in [0.4, 0.5) is 0 Å². The predicted octanol–water partition coefficient (Wildman–Crippen LogP) is 1.36. The molecule has 2 aromatic rings. The summed E-state index contributed by atoms with van der Waals surface area (Å²) in [6.07, 6.45) is 4.22. The van der Waals surface area contributed by atoms with Gasteiger partial charge in [0.05, 0.1) is 5.69 Å². The van der Waals surface area contributed by atoms with E-state index in [2.05, 4.69) is 29.2 Å². The Kier molecular flexibility index (Phi) is 4.22. The first-order valence-electron chi connectivity index (χ1n) is 6.77. The third kappa shape index (κ3) is 2.89. The molecule has 0 bridgehead atoms. The van der Waals surface area contributed by atoms with Crippen molar-refractivity contribution in [2.24, 2.45) is 7.05 Å². The van der Waals surface area contributed by atoms with Crippen LogP contribution in [0.15, 0.2) is 12.4 Å². The number of hydrogen-bond donors (Lipinski definition) is 1. The zero-order valence-electron chi connectivity index (χ0n) is 12.5. The van der Waals surface area contributed by atoms with Crippen LogP contribution in [0.3, 0.4) is 0 Å². The van der Waals surface area contributed by atoms with E-state index >= 15 is 0 Å². The molecule has 6 nitrogen and oxygen atoms in total. The average molecular weight is 275 g/mol. The van der Waals surface area contributed by atoms with Gasteiger partial charge in [0.25, 0.3) is 5.91 Å². The molecule has 0 radical (unpaired) electrons. The van der Waals surface area contributed by atoms with Gasteiger partial charge in [0.1, 0.15) is 0 Å². The summed E-state index contributed by atoms with van der Waals surface area (Å²) in [5.74, 6) is 0.300. The summed E-state index contributed by atoms with van der Waals surface area (Å²) in [5, 5.41) is 7.35. The summed E-state index contributed by atoms with van der Waals surface area (Å²) in [6, 6.07) is 0. The van der Waals surface area contributed by atoms with Crippen LogP contribution in [0.25, 0.3) is 0 Å². The minimum absolute atomic E-state index is 0.137. The zero-order chi connectivity index (χ0) is 14.7. The fourth-order valence-corrected chi connectivity index (χ4v) is 2.10. The smallest absolute Gasteiger partial charge is 0.287 e. The highest BCUT2D eigenvalue weighted by atomic mass is 16.2. The van der Waals surface area contributed by atoms with E-state index in [0.29, 0.717) is 12.4 Å². The van der Waals surface area contributed by atoms with Gasteiger partial charge in [-0.25, -0.2) is 4.98 Å². The third-order valence-electron chi connectivity index (χ3n) is 3.60. The Labute approximate surface area is 118 Å². The zero-order valence-corrected chi connectivity index (χ0v) is 12.5. The normalized spacial score (nSPS) is 10.8. The number of aromatic nitrogens is 4. The molecule has 0 saturated carbocycles. The molecule has 1 N–H and O–H groups in total. The largest absolute Gasteiger partial charge is 0.349 e. The molecular formula is C14H21N5O. The number of nitrogens with zero attached hydrogens (tertiary/aromatic N) is 4. The summed E-state index contributed by atoms with van der Waals surface area (Å²) < 4.78 is 3.71. The Balaban J connectivity index is 1.81. The van der Waals surface area contributed by atoms with Crippen molar-refractivity contribution in [2.45, 2.75) is 33.7 Å². The Hall–Kier alpha value is -2.11. The lowest BCUT2D eigenvalue weighted by atomic mass is 10.2. The van der Waals surface area contributed by atoms with Crippen molar-refractivity contribution in [3.63, 3.8) is 0 Å². The van der Waals surface area contributed by atoms with Crippen LogP contribution >= 0.6 is 0 Å². The first-order chi connectivity index (χ1) is 9.50. The van der Waals surface area contributed by atoms with Crippen LogP contribution in [-0.4, -0.2) is 31.8 Å². The molecule has 0 saturated heterocycles. The number of aryl methyl sites for hydroxylation is 3. The molecule has 0 aromatic carbocycles. The molecule has 108 valence electrons. The highest BCUT2D eigenvalue weighted by Crippen LogP contribution is 2.10. The van der Waals surface area contributed by atoms with Crippen molar-refractivity contribution in [3.05, 3.63) is 35.2 Å². The van der Waals surface area contributed by atoms with Gasteiger partial charge in [0, 0.05) is 38.2 Å². The van der Waals surface area contributed by atoms with E-state index in [9.17, 15) is 4.79 Å². The first-order valence-corrected chi connectivity index (χ1v) is 6.77. The fourth-order valence-electron chi connectivity index (χ4n) is 2.10. The van der Waals surface area contributed by atoms with Gasteiger partial charge in [-0.15, -0.1) is 0 Å². The fraction of sp³-hybridized carbons (Fsp3) is 0.500. The molecule has 0 atom stereocenters. The number of imidazole rings is 1. The van der Waals surface area contributed by atoms with E-state index in [1.165, 1.54) is 11.3 Å². The minimum atomic E-state index is -0.137. The quantitative estimate of drug-likeness (QED) is 0.838. The van der Waals surface area contributed by atoms with Crippen LogP contribution in [0.5, 0.6) is 0 Å². The first kappa shape index (κ1) is 14.3. The maximum atomic E-state index is 11.8. The van der Waals surface area contributed by atoms with Crippen molar-refractivity contribution in [1.82, 2.24) is 24.6 Å². The highest BCUT2D eigenvalue weighted by molar-refractivity contribution is 5.90. The lowest BCUT2D eigenvalue weighted by Crippen LogP contribution is -2.27. The monoisotopic (exact) mass is 275 g/mol. The Morgan fingerprint density at radius 2 is 2.10 bits per heavy atom. The number of carbonyl (C=O) groups is 1. The van der Waals surface area contributed by atoms with Gasteiger partial charge < -0.3 is 9.88 Å². The molecule has 0 fully saturated rings. The Morgan fingerprint density at radius 3 is 2.65 bits per heavy atom. The van der Waals surface area contributed by atoms with Crippen molar-refractivity contribution >= 4 is 5.91 Å². The standard InChI is InChI=1S/C14H21N5O/c1-10-11(2)17-19(12(10)3)8-5-6-16-14(20)13-15-7-9-18(13)4/h7,9H,5-6,8H2,1-4H3,(H,16,20). The van der Waals surface area contributed by atoms with Gasteiger partial charge in [0.15, 0.2) is 5.82 Å². The summed E-state index contributed by atoms with van der Waals surface area (Å²) in [4.78, 5) is 15.9. The van der Waals surface area contributed by atoms with E-state index in [1.807, 2.05) is 11.6 Å². The van der Waals surface area contributed by atoms with E-state index in [1.54, 1.807) is 24.0 Å². The maximum absolute atomic E-state index is 11.8. The number of amides is 1. The predicted molar refractivity (Wildman–Crippen MR) is 76.6 cm³/mol. The summed E-state index contributed by atoms with van der Waals surface area (Å²) in [7, 11) is 1.81. The summed E-state index contributed by atoms with van der Waals surface area (Å²) in [6.45, 7) is 7.59. The van der Waals surface area contributed by atoms with E-state index in [4.69, 9.17) is 0 Å². The van der Waals surface area contributed by atoms with Crippen LogP contribution in [-0.2, 0) is 13.6 Å². The molecule has 0 aliphatic carbocycles. The summed E-state index contributed by atoms with van der Waals surface area (Å²) >= 11 is 0. The maximum Gasteiger partial charge on any atom is 0.287 e. The average Bonchev–Trinajstić information content (AvgIpc) is 2.94. The SMILES string of the molecule is Cc1nn(CCCNC(=O)c2nccn2C)c(C)c1C. The van der Waals surface area contributed by atoms with Gasteiger partial charge in [-0.05, 0) is 32.8 Å². The number of carbonyl (C=O) groups excluding carboxylic acids is 1. The Morgan fingerprint density at radius 1 is 1.35 bits per heavy atom. The van der Waals surface area contributed by atoms with Gasteiger partial charge in [-0.3, -0.25) is 9.48 Å². The molecule has 0 unspecified atom stereocenters. The second-order valence-corrected chi connectivity index (χ2v) is 4.99. The number of nitrogens with one attached hydrogen (secondary N) is 1. The van der Waals surface area contributed by atoms with E-state index < -0.39 is 0 Å². The minimum Gasteiger partial charge on any atom is -0.349 e. The molecule has 6 heteroatoms. The molecule has 2 aromatic heterocycles. The van der Waals surface area contributed by atoms with Crippen molar-refractivity contribution < 1.29 is 4.79 Å².